The Balaban J connectivity index is 1.35. The Kier molecular flexibility index (Phi) is 6.16. The number of hydrogen-bond acceptors (Lipinski definition) is 3. The molecule has 4 rings (SSSR count). The maximum atomic E-state index is 12.7. The van der Waals surface area contributed by atoms with E-state index >= 15 is 0 Å². The second kappa shape index (κ2) is 8.76. The van der Waals surface area contributed by atoms with Crippen LogP contribution in [0.4, 0.5) is 0 Å². The molecule has 0 unspecified atom stereocenters. The van der Waals surface area contributed by atoms with Crippen LogP contribution in [0.5, 0.6) is 0 Å². The Morgan fingerprint density at radius 2 is 1.78 bits per heavy atom. The fourth-order valence-electron chi connectivity index (χ4n) is 5.34. The van der Waals surface area contributed by atoms with Crippen molar-refractivity contribution in [2.45, 2.75) is 83.1 Å². The van der Waals surface area contributed by atoms with E-state index in [-0.39, 0.29) is 0 Å². The van der Waals surface area contributed by atoms with Gasteiger partial charge in [-0.25, -0.2) is 4.98 Å². The highest BCUT2D eigenvalue weighted by Crippen LogP contribution is 2.33. The van der Waals surface area contributed by atoms with Gasteiger partial charge in [-0.1, -0.05) is 19.3 Å². The standard InChI is InChI=1S/C22H35N3O2/c1-17-16-23-22(19-9-13-27-14-10-19)25(17)20-7-11-24(12-8-20)21(26)15-18-5-3-2-4-6-18/h16,18-20H,2-15H2,1H3. The van der Waals surface area contributed by atoms with Crippen LogP contribution in [-0.2, 0) is 9.53 Å². The molecule has 3 aliphatic rings. The summed E-state index contributed by atoms with van der Waals surface area (Å²) >= 11 is 0. The van der Waals surface area contributed by atoms with Gasteiger partial charge in [-0.2, -0.15) is 0 Å². The molecule has 1 aliphatic carbocycles. The summed E-state index contributed by atoms with van der Waals surface area (Å²) < 4.78 is 8.02. The zero-order valence-electron chi connectivity index (χ0n) is 16.9. The smallest absolute Gasteiger partial charge is 0.222 e. The maximum absolute atomic E-state index is 12.7. The van der Waals surface area contributed by atoms with Crippen LogP contribution in [0.15, 0.2) is 6.20 Å². The third kappa shape index (κ3) is 4.39. The van der Waals surface area contributed by atoms with E-state index in [1.807, 2.05) is 6.20 Å². The van der Waals surface area contributed by atoms with Crippen molar-refractivity contribution in [1.29, 1.82) is 0 Å². The summed E-state index contributed by atoms with van der Waals surface area (Å²) in [6, 6.07) is 0.490. The average molecular weight is 374 g/mol. The number of carbonyl (C=O) groups is 1. The highest BCUT2D eigenvalue weighted by Gasteiger charge is 2.30. The first-order chi connectivity index (χ1) is 13.2. The van der Waals surface area contributed by atoms with E-state index in [1.54, 1.807) is 0 Å². The van der Waals surface area contributed by atoms with Gasteiger partial charge in [0.15, 0.2) is 0 Å². The van der Waals surface area contributed by atoms with Crippen LogP contribution in [0.25, 0.3) is 0 Å². The van der Waals surface area contributed by atoms with Crippen molar-refractivity contribution in [2.24, 2.45) is 5.92 Å². The highest BCUT2D eigenvalue weighted by molar-refractivity contribution is 5.76. The van der Waals surface area contributed by atoms with Crippen molar-refractivity contribution in [1.82, 2.24) is 14.5 Å². The fraction of sp³-hybridized carbons (Fsp3) is 0.818. The molecule has 150 valence electrons. The largest absolute Gasteiger partial charge is 0.381 e. The number of piperidine rings is 1. The maximum Gasteiger partial charge on any atom is 0.222 e. The molecule has 2 aliphatic heterocycles. The predicted molar refractivity (Wildman–Crippen MR) is 106 cm³/mol. The first-order valence-electron chi connectivity index (χ1n) is 11.1. The van der Waals surface area contributed by atoms with Crippen molar-refractivity contribution in [3.05, 3.63) is 17.7 Å². The first kappa shape index (κ1) is 19.0. The number of imidazole rings is 1. The lowest BCUT2D eigenvalue weighted by Gasteiger charge is -2.36. The molecular formula is C22H35N3O2. The summed E-state index contributed by atoms with van der Waals surface area (Å²) in [5, 5.41) is 0. The number of aryl methyl sites for hydroxylation is 1. The van der Waals surface area contributed by atoms with Crippen molar-refractivity contribution < 1.29 is 9.53 Å². The predicted octanol–water partition coefficient (Wildman–Crippen LogP) is 4.22. The normalized spacial score (nSPS) is 23.7. The Morgan fingerprint density at radius 3 is 2.48 bits per heavy atom. The molecule has 1 amide bonds. The number of likely N-dealkylation sites (tertiary alicyclic amines) is 1. The molecule has 0 aromatic carbocycles. The van der Waals surface area contributed by atoms with E-state index in [0.717, 1.165) is 58.4 Å². The molecule has 3 heterocycles. The van der Waals surface area contributed by atoms with Crippen LogP contribution in [0.1, 0.15) is 87.7 Å². The zero-order valence-corrected chi connectivity index (χ0v) is 16.9. The molecule has 1 aromatic heterocycles. The number of amides is 1. The number of ether oxygens (including phenoxy) is 1. The van der Waals surface area contributed by atoms with Crippen LogP contribution < -0.4 is 0 Å². The number of rotatable bonds is 4. The molecule has 0 atom stereocenters. The van der Waals surface area contributed by atoms with Gasteiger partial charge in [-0.15, -0.1) is 0 Å². The summed E-state index contributed by atoms with van der Waals surface area (Å²) in [5.41, 5.74) is 1.27. The molecule has 5 heteroatoms. The topological polar surface area (TPSA) is 47.4 Å². The van der Waals surface area contributed by atoms with Crippen molar-refractivity contribution >= 4 is 5.91 Å². The van der Waals surface area contributed by atoms with Crippen LogP contribution in [0.2, 0.25) is 0 Å². The molecule has 3 fully saturated rings. The summed E-state index contributed by atoms with van der Waals surface area (Å²) in [4.78, 5) is 19.6. The first-order valence-corrected chi connectivity index (χ1v) is 11.1. The van der Waals surface area contributed by atoms with E-state index in [4.69, 9.17) is 9.72 Å². The molecule has 0 spiro atoms. The lowest BCUT2D eigenvalue weighted by Crippen LogP contribution is -2.40. The minimum Gasteiger partial charge on any atom is -0.381 e. The van der Waals surface area contributed by atoms with Gasteiger partial charge in [0.2, 0.25) is 5.91 Å². The zero-order chi connectivity index (χ0) is 18.6. The van der Waals surface area contributed by atoms with Gasteiger partial charge < -0.3 is 14.2 Å². The molecular weight excluding hydrogens is 338 g/mol. The minimum absolute atomic E-state index is 0.396. The van der Waals surface area contributed by atoms with Gasteiger partial charge in [0.05, 0.1) is 0 Å². The van der Waals surface area contributed by atoms with Gasteiger partial charge in [0, 0.05) is 56.6 Å². The summed E-state index contributed by atoms with van der Waals surface area (Å²) in [5.74, 6) is 2.81. The SMILES string of the molecule is Cc1cnc(C2CCOCC2)n1C1CCN(C(=O)CC2CCCCC2)CC1. The number of aromatic nitrogens is 2. The Labute approximate surface area is 163 Å². The quantitative estimate of drug-likeness (QED) is 0.794. The van der Waals surface area contributed by atoms with Gasteiger partial charge in [0.1, 0.15) is 5.82 Å². The van der Waals surface area contributed by atoms with Crippen LogP contribution in [0, 0.1) is 12.8 Å². The van der Waals surface area contributed by atoms with E-state index in [1.165, 1.54) is 43.6 Å². The summed E-state index contributed by atoms with van der Waals surface area (Å²) in [7, 11) is 0. The van der Waals surface area contributed by atoms with Gasteiger partial charge in [-0.05, 0) is 51.4 Å². The minimum atomic E-state index is 0.396. The molecule has 0 bridgehead atoms. The highest BCUT2D eigenvalue weighted by atomic mass is 16.5. The second-order valence-electron chi connectivity index (χ2n) is 8.83. The van der Waals surface area contributed by atoms with E-state index in [2.05, 4.69) is 16.4 Å². The lowest BCUT2D eigenvalue weighted by atomic mass is 9.86. The molecule has 27 heavy (non-hydrogen) atoms. The molecule has 2 saturated heterocycles. The molecule has 1 aromatic rings. The Morgan fingerprint density at radius 1 is 1.07 bits per heavy atom. The van der Waals surface area contributed by atoms with Crippen molar-refractivity contribution in [2.75, 3.05) is 26.3 Å². The van der Waals surface area contributed by atoms with E-state index in [0.29, 0.717) is 23.8 Å². The third-order valence-electron chi connectivity index (χ3n) is 6.97. The third-order valence-corrected chi connectivity index (χ3v) is 6.97. The van der Waals surface area contributed by atoms with E-state index < -0.39 is 0 Å². The molecule has 0 radical (unpaired) electrons. The van der Waals surface area contributed by atoms with E-state index in [9.17, 15) is 4.79 Å². The van der Waals surface area contributed by atoms with Crippen molar-refractivity contribution in [3.8, 4) is 0 Å². The molecule has 5 nitrogen and oxygen atoms in total. The molecule has 0 N–H and O–H groups in total. The van der Waals surface area contributed by atoms with Crippen LogP contribution in [0.3, 0.4) is 0 Å². The number of carbonyl (C=O) groups excluding carboxylic acids is 1. The Bertz CT molecular complexity index is 622. The van der Waals surface area contributed by atoms with Crippen LogP contribution in [-0.4, -0.2) is 46.7 Å². The van der Waals surface area contributed by atoms with Gasteiger partial charge >= 0.3 is 0 Å². The van der Waals surface area contributed by atoms with Gasteiger partial charge in [0.25, 0.3) is 0 Å². The second-order valence-corrected chi connectivity index (χ2v) is 8.83. The summed E-state index contributed by atoms with van der Waals surface area (Å²) in [6.07, 6.45) is 13.6. The summed E-state index contributed by atoms with van der Waals surface area (Å²) in [6.45, 7) is 5.69. The molecule has 1 saturated carbocycles. The van der Waals surface area contributed by atoms with Crippen molar-refractivity contribution in [3.63, 3.8) is 0 Å². The average Bonchev–Trinajstić information content (AvgIpc) is 3.11. The fourth-order valence-corrected chi connectivity index (χ4v) is 5.34. The number of nitrogens with zero attached hydrogens (tertiary/aromatic N) is 3. The number of hydrogen-bond donors (Lipinski definition) is 0. The van der Waals surface area contributed by atoms with Crippen LogP contribution >= 0.6 is 0 Å². The van der Waals surface area contributed by atoms with Gasteiger partial charge in [-0.3, -0.25) is 4.79 Å². The monoisotopic (exact) mass is 373 g/mol. The Hall–Kier alpha value is -1.36. The lowest BCUT2D eigenvalue weighted by molar-refractivity contribution is -0.133.